The summed E-state index contributed by atoms with van der Waals surface area (Å²) < 4.78 is -0.512. The molecule has 0 radical (unpaired) electrons. The van der Waals surface area contributed by atoms with Crippen molar-refractivity contribution in [1.29, 1.82) is 0 Å². The number of rotatable bonds is 1. The van der Waals surface area contributed by atoms with Gasteiger partial charge in [-0.3, -0.25) is 9.98 Å². The Hall–Kier alpha value is -0.670. The minimum atomic E-state index is -0.512. The molecule has 0 N–H and O–H groups in total. The fourth-order valence-corrected chi connectivity index (χ4v) is 1.82. The van der Waals surface area contributed by atoms with E-state index >= 15 is 0 Å². The van der Waals surface area contributed by atoms with E-state index in [2.05, 4.69) is 25.9 Å². The van der Waals surface area contributed by atoms with Crippen LogP contribution in [-0.2, 0) is 0 Å². The third-order valence-corrected chi connectivity index (χ3v) is 2.72. The van der Waals surface area contributed by atoms with Crippen LogP contribution in [0.2, 0.25) is 0 Å². The average Bonchev–Trinajstić information content (AvgIpc) is 2.18. The lowest BCUT2D eigenvalue weighted by atomic mass is 10.1. The van der Waals surface area contributed by atoms with Gasteiger partial charge in [0, 0.05) is 18.8 Å². The molecule has 1 aromatic rings. The Kier molecular flexibility index (Phi) is 2.70. The molecule has 2 nitrogen and oxygen atoms in total. The third kappa shape index (κ3) is 2.22. The Morgan fingerprint density at radius 3 is 2.93 bits per heavy atom. The average molecular weight is 272 g/mol. The molecule has 0 aliphatic carbocycles. The molecular formula is C10H8BrClN2. The summed E-state index contributed by atoms with van der Waals surface area (Å²) in [6, 6.07) is 5.75. The second-order valence-electron chi connectivity index (χ2n) is 3.04. The molecule has 1 atom stereocenters. The van der Waals surface area contributed by atoms with Crippen LogP contribution in [0.25, 0.3) is 0 Å². The fourth-order valence-electron chi connectivity index (χ4n) is 1.25. The van der Waals surface area contributed by atoms with Gasteiger partial charge in [-0.05, 0) is 18.2 Å². The first kappa shape index (κ1) is 9.87. The first-order valence-corrected chi connectivity index (χ1v) is 5.38. The SMILES string of the molecule is ClC1(Br)C=CN=C(c2ccccn2)C1. The van der Waals surface area contributed by atoms with Crippen molar-refractivity contribution >= 4 is 33.2 Å². The number of alkyl halides is 2. The summed E-state index contributed by atoms with van der Waals surface area (Å²) in [4.78, 5) is 8.48. The van der Waals surface area contributed by atoms with Gasteiger partial charge in [-0.25, -0.2) is 0 Å². The number of aromatic nitrogens is 1. The summed E-state index contributed by atoms with van der Waals surface area (Å²) in [6.07, 6.45) is 5.92. The van der Waals surface area contributed by atoms with Gasteiger partial charge in [0.1, 0.15) is 3.78 Å². The smallest absolute Gasteiger partial charge is 0.124 e. The number of allylic oxidation sites excluding steroid dienone is 1. The van der Waals surface area contributed by atoms with Crippen molar-refractivity contribution in [3.63, 3.8) is 0 Å². The zero-order valence-electron chi connectivity index (χ0n) is 7.32. The highest BCUT2D eigenvalue weighted by Gasteiger charge is 2.25. The minimum Gasteiger partial charge on any atom is -0.259 e. The van der Waals surface area contributed by atoms with Crippen LogP contribution in [0.4, 0.5) is 0 Å². The van der Waals surface area contributed by atoms with Crippen LogP contribution in [0.5, 0.6) is 0 Å². The normalized spacial score (nSPS) is 26.0. The molecule has 1 aromatic heterocycles. The monoisotopic (exact) mass is 270 g/mol. The van der Waals surface area contributed by atoms with E-state index in [9.17, 15) is 0 Å². The molecule has 0 aromatic carbocycles. The quantitative estimate of drug-likeness (QED) is 0.721. The van der Waals surface area contributed by atoms with Crippen molar-refractivity contribution in [2.24, 2.45) is 4.99 Å². The number of hydrogen-bond donors (Lipinski definition) is 0. The number of halogens is 2. The molecular weight excluding hydrogens is 263 g/mol. The summed E-state index contributed by atoms with van der Waals surface area (Å²) in [6.45, 7) is 0. The van der Waals surface area contributed by atoms with Crippen molar-refractivity contribution < 1.29 is 0 Å². The maximum absolute atomic E-state index is 6.14. The van der Waals surface area contributed by atoms with Crippen LogP contribution in [0.3, 0.4) is 0 Å². The van der Waals surface area contributed by atoms with Crippen LogP contribution >= 0.6 is 27.5 Å². The first-order chi connectivity index (χ1) is 6.67. The van der Waals surface area contributed by atoms with E-state index in [-0.39, 0.29) is 0 Å². The van der Waals surface area contributed by atoms with E-state index in [0.717, 1.165) is 11.4 Å². The van der Waals surface area contributed by atoms with Gasteiger partial charge in [-0.2, -0.15) is 0 Å². The summed E-state index contributed by atoms with van der Waals surface area (Å²) >= 11 is 9.54. The number of hydrogen-bond acceptors (Lipinski definition) is 2. The molecule has 4 heteroatoms. The Labute approximate surface area is 95.8 Å². The predicted octanol–water partition coefficient (Wildman–Crippen LogP) is 3.12. The molecule has 2 rings (SSSR count). The lowest BCUT2D eigenvalue weighted by Gasteiger charge is -2.19. The summed E-state index contributed by atoms with van der Waals surface area (Å²) in [5.74, 6) is 0. The lowest BCUT2D eigenvalue weighted by molar-refractivity contribution is 1.01. The number of nitrogens with zero attached hydrogens (tertiary/aromatic N) is 2. The maximum atomic E-state index is 6.14. The van der Waals surface area contributed by atoms with Crippen LogP contribution in [-0.4, -0.2) is 14.5 Å². The highest BCUT2D eigenvalue weighted by molar-refractivity contribution is 9.10. The fraction of sp³-hybridized carbons (Fsp3) is 0.200. The van der Waals surface area contributed by atoms with Crippen molar-refractivity contribution in [2.45, 2.75) is 10.2 Å². The third-order valence-electron chi connectivity index (χ3n) is 1.91. The van der Waals surface area contributed by atoms with E-state index in [1.54, 1.807) is 12.4 Å². The van der Waals surface area contributed by atoms with Crippen molar-refractivity contribution in [3.8, 4) is 0 Å². The van der Waals surface area contributed by atoms with Gasteiger partial charge in [0.05, 0.1) is 11.4 Å². The molecule has 1 unspecified atom stereocenters. The summed E-state index contributed by atoms with van der Waals surface area (Å²) in [5.41, 5.74) is 1.78. The number of pyridine rings is 1. The largest absolute Gasteiger partial charge is 0.259 e. The predicted molar refractivity (Wildman–Crippen MR) is 62.0 cm³/mol. The van der Waals surface area contributed by atoms with E-state index in [1.807, 2.05) is 24.3 Å². The van der Waals surface area contributed by atoms with Gasteiger partial charge in [-0.1, -0.05) is 22.0 Å². The zero-order chi connectivity index (χ0) is 10.0. The molecule has 14 heavy (non-hydrogen) atoms. The molecule has 0 spiro atoms. The molecule has 2 heterocycles. The summed E-state index contributed by atoms with van der Waals surface area (Å²) in [7, 11) is 0. The maximum Gasteiger partial charge on any atom is 0.124 e. The van der Waals surface area contributed by atoms with E-state index in [4.69, 9.17) is 11.6 Å². The standard InChI is InChI=1S/C10H8BrClN2/c11-10(12)4-6-14-9(7-10)8-3-1-2-5-13-8/h1-6H,7H2. The summed E-state index contributed by atoms with van der Waals surface area (Å²) in [5, 5.41) is 0. The molecule has 0 amide bonds. The molecule has 1 aliphatic heterocycles. The molecule has 72 valence electrons. The second kappa shape index (κ2) is 3.83. The zero-order valence-corrected chi connectivity index (χ0v) is 9.66. The molecule has 0 saturated carbocycles. The van der Waals surface area contributed by atoms with Crippen molar-refractivity contribution in [1.82, 2.24) is 4.98 Å². The van der Waals surface area contributed by atoms with Crippen LogP contribution in [0.15, 0.2) is 41.7 Å². The van der Waals surface area contributed by atoms with Crippen molar-refractivity contribution in [3.05, 3.63) is 42.4 Å². The topological polar surface area (TPSA) is 25.2 Å². The Bertz CT molecular complexity index is 384. The van der Waals surface area contributed by atoms with Crippen LogP contribution < -0.4 is 0 Å². The Balaban J connectivity index is 2.30. The van der Waals surface area contributed by atoms with Gasteiger partial charge < -0.3 is 0 Å². The highest BCUT2D eigenvalue weighted by atomic mass is 79.9. The van der Waals surface area contributed by atoms with Crippen LogP contribution in [0, 0.1) is 0 Å². The lowest BCUT2D eigenvalue weighted by Crippen LogP contribution is -2.19. The van der Waals surface area contributed by atoms with Gasteiger partial charge in [0.25, 0.3) is 0 Å². The molecule has 0 saturated heterocycles. The first-order valence-electron chi connectivity index (χ1n) is 4.21. The van der Waals surface area contributed by atoms with Crippen LogP contribution in [0.1, 0.15) is 12.1 Å². The highest BCUT2D eigenvalue weighted by Crippen LogP contribution is 2.33. The minimum absolute atomic E-state index is 0.512. The van der Waals surface area contributed by atoms with Gasteiger partial charge in [-0.15, -0.1) is 11.6 Å². The molecule has 0 bridgehead atoms. The van der Waals surface area contributed by atoms with E-state index in [1.165, 1.54) is 0 Å². The van der Waals surface area contributed by atoms with Gasteiger partial charge in [0.2, 0.25) is 0 Å². The van der Waals surface area contributed by atoms with E-state index < -0.39 is 3.78 Å². The second-order valence-corrected chi connectivity index (χ2v) is 5.59. The Morgan fingerprint density at radius 1 is 1.43 bits per heavy atom. The molecule has 0 fully saturated rings. The number of aliphatic imine (C=N–C) groups is 1. The van der Waals surface area contributed by atoms with Gasteiger partial charge >= 0.3 is 0 Å². The van der Waals surface area contributed by atoms with Gasteiger partial charge in [0.15, 0.2) is 0 Å². The van der Waals surface area contributed by atoms with Crippen molar-refractivity contribution in [2.75, 3.05) is 0 Å². The van der Waals surface area contributed by atoms with E-state index in [0.29, 0.717) is 6.42 Å². The Morgan fingerprint density at radius 2 is 2.29 bits per heavy atom. The molecule has 1 aliphatic rings.